The maximum Gasteiger partial charge on any atom is 0.226 e. The summed E-state index contributed by atoms with van der Waals surface area (Å²) in [5.74, 6) is -0.583. The van der Waals surface area contributed by atoms with Crippen LogP contribution in [-0.2, 0) is 4.79 Å². The van der Waals surface area contributed by atoms with Crippen LogP contribution in [0.25, 0.3) is 0 Å². The van der Waals surface area contributed by atoms with Gasteiger partial charge in [0.1, 0.15) is 0 Å². The van der Waals surface area contributed by atoms with Gasteiger partial charge in [-0.1, -0.05) is 6.08 Å². The predicted octanol–water partition coefficient (Wildman–Crippen LogP) is 1.58. The van der Waals surface area contributed by atoms with Crippen molar-refractivity contribution in [3.05, 3.63) is 22.3 Å². The molecule has 0 radical (unpaired) electrons. The van der Waals surface area contributed by atoms with Gasteiger partial charge in [0.05, 0.1) is 5.92 Å². The van der Waals surface area contributed by atoms with Crippen molar-refractivity contribution in [3.8, 4) is 0 Å². The van der Waals surface area contributed by atoms with Gasteiger partial charge in [-0.15, -0.1) is 0 Å². The minimum Gasteiger partial charge on any atom is -0.294 e. The third-order valence-electron chi connectivity index (χ3n) is 2.57. The lowest BCUT2D eigenvalue weighted by atomic mass is 9.79. The second-order valence-electron chi connectivity index (χ2n) is 3.85. The fraction of sp³-hybridized carbons (Fsp3) is 0.667. The smallest absolute Gasteiger partial charge is 0.226 e. The van der Waals surface area contributed by atoms with Gasteiger partial charge in [0.25, 0.3) is 0 Å². The second-order valence-corrected chi connectivity index (χ2v) is 3.85. The Labute approximate surface area is 76.8 Å². The topological polar surface area (TPSA) is 60.2 Å². The average molecular weight is 183 g/mol. The van der Waals surface area contributed by atoms with Crippen molar-refractivity contribution in [2.24, 2.45) is 5.92 Å². The molecule has 1 aliphatic carbocycles. The summed E-state index contributed by atoms with van der Waals surface area (Å²) in [7, 11) is 0. The molecule has 0 fully saturated rings. The lowest BCUT2D eigenvalue weighted by molar-refractivity contribution is -0.568. The van der Waals surface area contributed by atoms with Crippen LogP contribution in [0.3, 0.4) is 0 Å². The molecule has 1 aliphatic rings. The van der Waals surface area contributed by atoms with Crippen LogP contribution in [0.5, 0.6) is 0 Å². The summed E-state index contributed by atoms with van der Waals surface area (Å²) in [6, 6.07) is 0. The minimum absolute atomic E-state index is 0.118. The Hall–Kier alpha value is -1.19. The average Bonchev–Trinajstić information content (AvgIpc) is 2.04. The normalized spacial score (nSPS) is 23.2. The van der Waals surface area contributed by atoms with Crippen LogP contribution >= 0.6 is 0 Å². The van der Waals surface area contributed by atoms with Crippen LogP contribution < -0.4 is 0 Å². The van der Waals surface area contributed by atoms with E-state index >= 15 is 0 Å². The quantitative estimate of drug-likeness (QED) is 0.482. The largest absolute Gasteiger partial charge is 0.294 e. The molecule has 0 spiro atoms. The van der Waals surface area contributed by atoms with Gasteiger partial charge in [0, 0.05) is 18.8 Å². The molecule has 0 aromatic heterocycles. The van der Waals surface area contributed by atoms with Crippen molar-refractivity contribution in [1.82, 2.24) is 0 Å². The Bertz CT molecular complexity index is 268. The standard InChI is InChI=1S/C9H13NO3/c1-9(2,10(12)13)7-5-3-4-6-8(7)11/h4,6-7H,3,5H2,1-2H3/t7-/m0/s1. The van der Waals surface area contributed by atoms with Gasteiger partial charge in [-0.25, -0.2) is 0 Å². The molecule has 0 heterocycles. The Morgan fingerprint density at radius 1 is 1.62 bits per heavy atom. The molecule has 0 aromatic rings. The third kappa shape index (κ3) is 1.76. The lowest BCUT2D eigenvalue weighted by Gasteiger charge is -2.25. The molecule has 1 atom stereocenters. The molecule has 72 valence electrons. The molecule has 0 N–H and O–H groups in total. The molecular formula is C9H13NO3. The van der Waals surface area contributed by atoms with Gasteiger partial charge in [0.15, 0.2) is 5.78 Å². The van der Waals surface area contributed by atoms with E-state index in [1.165, 1.54) is 19.9 Å². The molecule has 13 heavy (non-hydrogen) atoms. The van der Waals surface area contributed by atoms with Crippen molar-refractivity contribution in [1.29, 1.82) is 0 Å². The first kappa shape index (κ1) is 9.89. The zero-order valence-corrected chi connectivity index (χ0v) is 7.82. The van der Waals surface area contributed by atoms with E-state index in [0.29, 0.717) is 6.42 Å². The van der Waals surface area contributed by atoms with Crippen molar-refractivity contribution in [2.75, 3.05) is 0 Å². The van der Waals surface area contributed by atoms with Gasteiger partial charge in [-0.3, -0.25) is 14.9 Å². The summed E-state index contributed by atoms with van der Waals surface area (Å²) in [4.78, 5) is 21.7. The van der Waals surface area contributed by atoms with E-state index in [1.54, 1.807) is 6.08 Å². The van der Waals surface area contributed by atoms with Crippen molar-refractivity contribution >= 4 is 5.78 Å². The van der Waals surface area contributed by atoms with Crippen LogP contribution in [-0.4, -0.2) is 16.2 Å². The van der Waals surface area contributed by atoms with E-state index in [2.05, 4.69) is 0 Å². The van der Waals surface area contributed by atoms with Gasteiger partial charge < -0.3 is 0 Å². The zero-order valence-electron chi connectivity index (χ0n) is 7.82. The summed E-state index contributed by atoms with van der Waals surface area (Å²) in [5, 5.41) is 10.7. The molecule has 4 heteroatoms. The second kappa shape index (κ2) is 3.28. The molecule has 0 bridgehead atoms. The highest BCUT2D eigenvalue weighted by Gasteiger charge is 2.44. The molecule has 0 aliphatic heterocycles. The SMILES string of the molecule is CC(C)([C@H]1CCC=CC1=O)[N+](=O)[O-]. The van der Waals surface area contributed by atoms with E-state index in [0.717, 1.165) is 6.42 Å². The molecule has 0 saturated heterocycles. The fourth-order valence-corrected chi connectivity index (χ4v) is 1.55. The van der Waals surface area contributed by atoms with Crippen LogP contribution in [0.15, 0.2) is 12.2 Å². The number of nitro groups is 1. The fourth-order valence-electron chi connectivity index (χ4n) is 1.55. The monoisotopic (exact) mass is 183 g/mol. The highest BCUT2D eigenvalue weighted by atomic mass is 16.6. The highest BCUT2D eigenvalue weighted by Crippen LogP contribution is 2.28. The first-order valence-corrected chi connectivity index (χ1v) is 4.31. The molecule has 4 nitrogen and oxygen atoms in total. The van der Waals surface area contributed by atoms with Gasteiger partial charge in [-0.05, 0) is 18.9 Å². The number of carbonyl (C=O) groups is 1. The number of rotatable bonds is 2. The van der Waals surface area contributed by atoms with E-state index in [4.69, 9.17) is 0 Å². The molecule has 1 rings (SSSR count). The third-order valence-corrected chi connectivity index (χ3v) is 2.57. The first-order valence-electron chi connectivity index (χ1n) is 4.31. The minimum atomic E-state index is -1.14. The first-order chi connectivity index (χ1) is 5.96. The number of nitrogens with zero attached hydrogens (tertiary/aromatic N) is 1. The molecule has 0 amide bonds. The van der Waals surface area contributed by atoms with E-state index < -0.39 is 11.5 Å². The highest BCUT2D eigenvalue weighted by molar-refractivity contribution is 5.93. The number of ketones is 1. The maximum absolute atomic E-state index is 11.4. The van der Waals surface area contributed by atoms with E-state index in [1.807, 2.05) is 0 Å². The Kier molecular flexibility index (Phi) is 2.50. The zero-order chi connectivity index (χ0) is 10.1. The van der Waals surface area contributed by atoms with Crippen molar-refractivity contribution in [2.45, 2.75) is 32.2 Å². The van der Waals surface area contributed by atoms with Crippen LogP contribution in [0.2, 0.25) is 0 Å². The summed E-state index contributed by atoms with van der Waals surface area (Å²) >= 11 is 0. The predicted molar refractivity (Wildman–Crippen MR) is 47.9 cm³/mol. The number of hydrogen-bond acceptors (Lipinski definition) is 3. The Morgan fingerprint density at radius 3 is 2.69 bits per heavy atom. The summed E-state index contributed by atoms with van der Waals surface area (Å²) in [5.41, 5.74) is -1.14. The van der Waals surface area contributed by atoms with Crippen LogP contribution in [0.4, 0.5) is 0 Å². The van der Waals surface area contributed by atoms with Crippen molar-refractivity contribution < 1.29 is 9.72 Å². The molecular weight excluding hydrogens is 170 g/mol. The lowest BCUT2D eigenvalue weighted by Crippen LogP contribution is -2.44. The number of allylic oxidation sites excluding steroid dienone is 2. The Balaban J connectivity index is 2.88. The van der Waals surface area contributed by atoms with Gasteiger partial charge >= 0.3 is 0 Å². The maximum atomic E-state index is 11.4. The summed E-state index contributed by atoms with van der Waals surface area (Å²) < 4.78 is 0. The molecule has 0 unspecified atom stereocenters. The van der Waals surface area contributed by atoms with Crippen molar-refractivity contribution in [3.63, 3.8) is 0 Å². The van der Waals surface area contributed by atoms with Crippen LogP contribution in [0, 0.1) is 16.0 Å². The molecule has 0 aromatic carbocycles. The van der Waals surface area contributed by atoms with E-state index in [-0.39, 0.29) is 10.7 Å². The van der Waals surface area contributed by atoms with E-state index in [9.17, 15) is 14.9 Å². The van der Waals surface area contributed by atoms with Gasteiger partial charge in [0.2, 0.25) is 5.54 Å². The van der Waals surface area contributed by atoms with Crippen LogP contribution in [0.1, 0.15) is 26.7 Å². The summed E-state index contributed by atoms with van der Waals surface area (Å²) in [6.07, 6.45) is 4.57. The number of hydrogen-bond donors (Lipinski definition) is 0. The molecule has 0 saturated carbocycles. The summed E-state index contributed by atoms with van der Waals surface area (Å²) in [6.45, 7) is 3.02. The van der Waals surface area contributed by atoms with Gasteiger partial charge in [-0.2, -0.15) is 0 Å². The Morgan fingerprint density at radius 2 is 2.23 bits per heavy atom. The number of carbonyl (C=O) groups excluding carboxylic acids is 1.